The van der Waals surface area contributed by atoms with Crippen LogP contribution >= 0.6 is 0 Å². The van der Waals surface area contributed by atoms with Gasteiger partial charge in [0.1, 0.15) is 23.3 Å². The number of amides is 1. The molecule has 3 heterocycles. The smallest absolute Gasteiger partial charge is 0.490 e. The van der Waals surface area contributed by atoms with E-state index in [1.54, 1.807) is 37.8 Å². The summed E-state index contributed by atoms with van der Waals surface area (Å²) in [4.78, 5) is 31.4. The molecule has 0 spiro atoms. The number of nitrogens with zero attached hydrogens (tertiary/aromatic N) is 3. The standard InChI is InChI=1S/C17H19N3O3.C2HF3O2/c1-22-14-4-8-19-16(11-14)17(21)20-9-5-13(6-10-20)23-15-3-2-7-18-12-15;3-2(4,5)1(6)7/h2-4,7-8,11-13H,5-6,9-10H2,1H3;(H,6,7). The van der Waals surface area contributed by atoms with Crippen LogP contribution in [0.1, 0.15) is 23.3 Å². The Morgan fingerprint density at radius 3 is 2.37 bits per heavy atom. The van der Waals surface area contributed by atoms with Gasteiger partial charge < -0.3 is 19.5 Å². The van der Waals surface area contributed by atoms with Gasteiger partial charge in [0.25, 0.3) is 5.91 Å². The maximum atomic E-state index is 12.5. The summed E-state index contributed by atoms with van der Waals surface area (Å²) < 4.78 is 42.8. The topological polar surface area (TPSA) is 102 Å². The van der Waals surface area contributed by atoms with Crippen LogP contribution in [-0.2, 0) is 4.79 Å². The third-order valence-electron chi connectivity index (χ3n) is 4.10. The van der Waals surface area contributed by atoms with E-state index >= 15 is 0 Å². The highest BCUT2D eigenvalue weighted by molar-refractivity contribution is 5.92. The van der Waals surface area contributed by atoms with E-state index < -0.39 is 12.1 Å². The number of hydrogen-bond acceptors (Lipinski definition) is 6. The third-order valence-corrected chi connectivity index (χ3v) is 4.10. The van der Waals surface area contributed by atoms with Gasteiger partial charge >= 0.3 is 12.1 Å². The fourth-order valence-corrected chi connectivity index (χ4v) is 2.60. The molecule has 0 unspecified atom stereocenters. The number of carboxylic acids is 1. The maximum absolute atomic E-state index is 12.5. The van der Waals surface area contributed by atoms with Gasteiger partial charge in [0.15, 0.2) is 0 Å². The molecule has 1 N–H and O–H groups in total. The molecule has 30 heavy (non-hydrogen) atoms. The molecule has 162 valence electrons. The van der Waals surface area contributed by atoms with Crippen molar-refractivity contribution < 1.29 is 37.3 Å². The van der Waals surface area contributed by atoms with Crippen molar-refractivity contribution in [1.82, 2.24) is 14.9 Å². The zero-order valence-electron chi connectivity index (χ0n) is 16.0. The Labute approximate surface area is 170 Å². The molecule has 0 aromatic carbocycles. The number of likely N-dealkylation sites (tertiary alicyclic amines) is 1. The monoisotopic (exact) mass is 427 g/mol. The van der Waals surface area contributed by atoms with Gasteiger partial charge in [0.2, 0.25) is 0 Å². The number of carboxylic acid groups (broad SMARTS) is 1. The van der Waals surface area contributed by atoms with Crippen molar-refractivity contribution in [3.63, 3.8) is 0 Å². The predicted octanol–water partition coefficient (Wildman–Crippen LogP) is 2.80. The molecule has 0 radical (unpaired) electrons. The Morgan fingerprint density at radius 1 is 1.17 bits per heavy atom. The second-order valence-corrected chi connectivity index (χ2v) is 6.18. The van der Waals surface area contributed by atoms with Crippen LogP contribution in [0, 0.1) is 0 Å². The first kappa shape index (κ1) is 22.9. The van der Waals surface area contributed by atoms with E-state index in [-0.39, 0.29) is 12.0 Å². The van der Waals surface area contributed by atoms with Crippen molar-refractivity contribution in [3.8, 4) is 11.5 Å². The molecule has 0 saturated carbocycles. The number of aromatic nitrogens is 2. The third kappa shape index (κ3) is 6.90. The molecule has 1 fully saturated rings. The van der Waals surface area contributed by atoms with Gasteiger partial charge in [-0.05, 0) is 18.2 Å². The normalized spacial score (nSPS) is 14.3. The molecule has 8 nitrogen and oxygen atoms in total. The molecular formula is C19H20F3N3O5. The minimum Gasteiger partial charge on any atom is -0.497 e. The number of aliphatic carboxylic acids is 1. The van der Waals surface area contributed by atoms with E-state index in [4.69, 9.17) is 19.4 Å². The summed E-state index contributed by atoms with van der Waals surface area (Å²) in [6, 6.07) is 7.14. The van der Waals surface area contributed by atoms with Gasteiger partial charge in [-0.15, -0.1) is 0 Å². The summed E-state index contributed by atoms with van der Waals surface area (Å²) in [5, 5.41) is 7.12. The molecule has 1 saturated heterocycles. The quantitative estimate of drug-likeness (QED) is 0.801. The predicted molar refractivity (Wildman–Crippen MR) is 98.3 cm³/mol. The van der Waals surface area contributed by atoms with E-state index in [1.807, 2.05) is 17.0 Å². The van der Waals surface area contributed by atoms with E-state index in [0.29, 0.717) is 24.5 Å². The Hall–Kier alpha value is -3.37. The lowest BCUT2D eigenvalue weighted by atomic mass is 10.1. The average molecular weight is 427 g/mol. The van der Waals surface area contributed by atoms with Crippen LogP contribution in [0.5, 0.6) is 11.5 Å². The molecule has 2 aromatic rings. The summed E-state index contributed by atoms with van der Waals surface area (Å²) in [6.45, 7) is 1.31. The Morgan fingerprint density at radius 2 is 1.83 bits per heavy atom. The van der Waals surface area contributed by atoms with Crippen molar-refractivity contribution in [1.29, 1.82) is 0 Å². The van der Waals surface area contributed by atoms with Gasteiger partial charge in [-0.2, -0.15) is 13.2 Å². The van der Waals surface area contributed by atoms with Gasteiger partial charge in [0, 0.05) is 44.4 Å². The number of piperidine rings is 1. The van der Waals surface area contributed by atoms with Gasteiger partial charge in [-0.1, -0.05) is 0 Å². The lowest BCUT2D eigenvalue weighted by molar-refractivity contribution is -0.192. The Kier molecular flexibility index (Phi) is 7.96. The number of rotatable bonds is 4. The SMILES string of the molecule is COc1ccnc(C(=O)N2CCC(Oc3cccnc3)CC2)c1.O=C(O)C(F)(F)F. The van der Waals surface area contributed by atoms with E-state index in [1.165, 1.54) is 0 Å². The highest BCUT2D eigenvalue weighted by atomic mass is 19.4. The fourth-order valence-electron chi connectivity index (χ4n) is 2.60. The molecule has 3 rings (SSSR count). The first-order chi connectivity index (χ1) is 14.2. The molecule has 0 atom stereocenters. The number of carbonyl (C=O) groups excluding carboxylic acids is 1. The second-order valence-electron chi connectivity index (χ2n) is 6.18. The minimum atomic E-state index is -5.08. The summed E-state index contributed by atoms with van der Waals surface area (Å²) in [7, 11) is 1.57. The van der Waals surface area contributed by atoms with Gasteiger partial charge in [-0.25, -0.2) is 4.79 Å². The molecule has 2 aromatic heterocycles. The van der Waals surface area contributed by atoms with Crippen molar-refractivity contribution in [3.05, 3.63) is 48.5 Å². The van der Waals surface area contributed by atoms with Crippen molar-refractivity contribution in [2.75, 3.05) is 20.2 Å². The minimum absolute atomic E-state index is 0.0660. The molecular weight excluding hydrogens is 407 g/mol. The number of halogens is 3. The number of pyridine rings is 2. The van der Waals surface area contributed by atoms with Crippen molar-refractivity contribution in [2.45, 2.75) is 25.1 Å². The molecule has 1 amide bonds. The molecule has 0 aliphatic carbocycles. The number of carbonyl (C=O) groups is 2. The number of hydrogen-bond donors (Lipinski definition) is 1. The molecule has 1 aliphatic rings. The number of ether oxygens (including phenoxy) is 2. The number of methoxy groups -OCH3 is 1. The maximum Gasteiger partial charge on any atom is 0.490 e. The van der Waals surface area contributed by atoms with Gasteiger partial charge in [-0.3, -0.25) is 14.8 Å². The Balaban J connectivity index is 0.000000396. The zero-order chi connectivity index (χ0) is 22.1. The van der Waals surface area contributed by atoms with Crippen LogP contribution in [0.2, 0.25) is 0 Å². The second kappa shape index (κ2) is 10.4. The van der Waals surface area contributed by atoms with Crippen LogP contribution in [0.15, 0.2) is 42.9 Å². The molecule has 0 bridgehead atoms. The number of alkyl halides is 3. The van der Waals surface area contributed by atoms with Crippen LogP contribution in [0.25, 0.3) is 0 Å². The summed E-state index contributed by atoms with van der Waals surface area (Å²) in [5.41, 5.74) is 0.413. The van der Waals surface area contributed by atoms with E-state index in [9.17, 15) is 18.0 Å². The van der Waals surface area contributed by atoms with Crippen LogP contribution in [-0.4, -0.2) is 64.3 Å². The van der Waals surface area contributed by atoms with E-state index in [2.05, 4.69) is 9.97 Å². The molecule has 11 heteroatoms. The lowest BCUT2D eigenvalue weighted by Gasteiger charge is -2.32. The van der Waals surface area contributed by atoms with Crippen molar-refractivity contribution >= 4 is 11.9 Å². The summed E-state index contributed by atoms with van der Waals surface area (Å²) in [6.07, 6.45) is 1.63. The van der Waals surface area contributed by atoms with Crippen molar-refractivity contribution in [2.24, 2.45) is 0 Å². The van der Waals surface area contributed by atoms with Crippen LogP contribution in [0.4, 0.5) is 13.2 Å². The largest absolute Gasteiger partial charge is 0.497 e. The Bertz CT molecular complexity index is 841. The highest BCUT2D eigenvalue weighted by Crippen LogP contribution is 2.20. The van der Waals surface area contributed by atoms with Crippen LogP contribution in [0.3, 0.4) is 0 Å². The van der Waals surface area contributed by atoms with Gasteiger partial charge in [0.05, 0.1) is 13.3 Å². The first-order valence-electron chi connectivity index (χ1n) is 8.87. The zero-order valence-corrected chi connectivity index (χ0v) is 16.0. The lowest BCUT2D eigenvalue weighted by Crippen LogP contribution is -2.42. The summed E-state index contributed by atoms with van der Waals surface area (Å²) in [5.74, 6) is -1.42. The molecule has 1 aliphatic heterocycles. The average Bonchev–Trinajstić information content (AvgIpc) is 2.74. The van der Waals surface area contributed by atoms with E-state index in [0.717, 1.165) is 18.6 Å². The first-order valence-corrected chi connectivity index (χ1v) is 8.87. The fraction of sp³-hybridized carbons (Fsp3) is 0.368. The van der Waals surface area contributed by atoms with Crippen LogP contribution < -0.4 is 9.47 Å². The summed E-state index contributed by atoms with van der Waals surface area (Å²) >= 11 is 0. The highest BCUT2D eigenvalue weighted by Gasteiger charge is 2.38.